The fourth-order valence-corrected chi connectivity index (χ4v) is 1.86. The van der Waals surface area contributed by atoms with Crippen LogP contribution in [-0.2, 0) is 0 Å². The summed E-state index contributed by atoms with van der Waals surface area (Å²) in [4.78, 5) is 0. The molecule has 0 heterocycles. The summed E-state index contributed by atoms with van der Waals surface area (Å²) in [6.07, 6.45) is 3.28. The number of hydrogen-bond acceptors (Lipinski definition) is 4. The number of unbranched alkanes of at least 4 members (excludes halogenated alkanes) is 3. The van der Waals surface area contributed by atoms with E-state index in [0.717, 1.165) is 37.0 Å². The molecule has 0 aliphatic rings. The minimum atomic E-state index is -0.560. The highest BCUT2D eigenvalue weighted by atomic mass is 16.5. The molecule has 0 fully saturated rings. The summed E-state index contributed by atoms with van der Waals surface area (Å²) < 4.78 is 10.9. The maximum atomic E-state index is 9.69. The Kier molecular flexibility index (Phi) is 7.30. The number of methoxy groups -OCH3 is 1. The number of hydrogen-bond donors (Lipinski definition) is 2. The van der Waals surface area contributed by atoms with Gasteiger partial charge in [0.1, 0.15) is 11.5 Å². The molecule has 0 spiro atoms. The smallest absolute Gasteiger partial charge is 0.128 e. The highest BCUT2D eigenvalue weighted by molar-refractivity contribution is 5.41. The van der Waals surface area contributed by atoms with E-state index in [1.165, 1.54) is 0 Å². The van der Waals surface area contributed by atoms with Crippen LogP contribution < -0.4 is 9.47 Å². The molecule has 0 aromatic heterocycles. The number of aliphatic hydroxyl groups excluding tert-OH is 2. The monoisotopic (exact) mass is 268 g/mol. The van der Waals surface area contributed by atoms with Crippen LogP contribution in [0.5, 0.6) is 11.5 Å². The van der Waals surface area contributed by atoms with Crippen LogP contribution in [0.15, 0.2) is 18.2 Å². The van der Waals surface area contributed by atoms with Gasteiger partial charge < -0.3 is 19.7 Å². The van der Waals surface area contributed by atoms with Crippen LogP contribution in [0, 0.1) is 0 Å². The zero-order valence-electron chi connectivity index (χ0n) is 11.8. The third-order valence-corrected chi connectivity index (χ3v) is 2.98. The van der Waals surface area contributed by atoms with E-state index in [1.807, 2.05) is 12.1 Å². The summed E-state index contributed by atoms with van der Waals surface area (Å²) in [6.45, 7) is 2.58. The summed E-state index contributed by atoms with van der Waals surface area (Å²) in [5.41, 5.74) is 0.774. The summed E-state index contributed by atoms with van der Waals surface area (Å²) in [5.74, 6) is 1.40. The fraction of sp³-hybridized carbons (Fsp3) is 0.600. The van der Waals surface area contributed by atoms with E-state index in [9.17, 15) is 5.11 Å². The molecule has 4 heteroatoms. The lowest BCUT2D eigenvalue weighted by Gasteiger charge is -2.14. The van der Waals surface area contributed by atoms with E-state index in [4.69, 9.17) is 14.6 Å². The number of rotatable bonds is 9. The van der Waals surface area contributed by atoms with Crippen LogP contribution in [-0.4, -0.2) is 30.5 Å². The first-order valence-electron chi connectivity index (χ1n) is 6.78. The maximum Gasteiger partial charge on any atom is 0.128 e. The normalized spacial score (nSPS) is 12.2. The average molecular weight is 268 g/mol. The zero-order valence-corrected chi connectivity index (χ0v) is 11.8. The third kappa shape index (κ3) is 5.49. The summed E-state index contributed by atoms with van der Waals surface area (Å²) in [5, 5.41) is 18.4. The molecule has 4 nitrogen and oxygen atoms in total. The molecular weight excluding hydrogens is 244 g/mol. The first-order valence-corrected chi connectivity index (χ1v) is 6.78. The molecule has 1 rings (SSSR count). The third-order valence-electron chi connectivity index (χ3n) is 2.98. The molecule has 0 bridgehead atoms. The minimum Gasteiger partial charge on any atom is -0.497 e. The molecule has 2 N–H and O–H groups in total. The lowest BCUT2D eigenvalue weighted by Crippen LogP contribution is -2.03. The van der Waals surface area contributed by atoms with Crippen molar-refractivity contribution in [3.8, 4) is 11.5 Å². The van der Waals surface area contributed by atoms with Crippen molar-refractivity contribution in [2.75, 3.05) is 20.3 Å². The second kappa shape index (κ2) is 8.77. The van der Waals surface area contributed by atoms with Gasteiger partial charge in [-0.05, 0) is 38.3 Å². The Morgan fingerprint density at radius 2 is 1.89 bits per heavy atom. The molecule has 19 heavy (non-hydrogen) atoms. The Labute approximate surface area is 115 Å². The van der Waals surface area contributed by atoms with Crippen molar-refractivity contribution in [2.45, 2.75) is 38.7 Å². The SMILES string of the molecule is COc1ccc([C@H](C)O)c(OCCCCCCO)c1. The van der Waals surface area contributed by atoms with E-state index >= 15 is 0 Å². The van der Waals surface area contributed by atoms with Crippen LogP contribution in [0.25, 0.3) is 0 Å². The molecule has 0 saturated heterocycles. The summed E-state index contributed by atoms with van der Waals surface area (Å²) in [7, 11) is 1.61. The highest BCUT2D eigenvalue weighted by Crippen LogP contribution is 2.29. The zero-order chi connectivity index (χ0) is 14.1. The molecular formula is C15H24O4. The molecule has 1 aromatic rings. The van der Waals surface area contributed by atoms with E-state index in [2.05, 4.69) is 0 Å². The van der Waals surface area contributed by atoms with Gasteiger partial charge in [0.25, 0.3) is 0 Å². The van der Waals surface area contributed by atoms with Gasteiger partial charge >= 0.3 is 0 Å². The predicted molar refractivity (Wildman–Crippen MR) is 74.7 cm³/mol. The number of aliphatic hydroxyl groups is 2. The first kappa shape index (κ1) is 15.8. The molecule has 0 unspecified atom stereocenters. The van der Waals surface area contributed by atoms with Gasteiger partial charge in [0.15, 0.2) is 0 Å². The summed E-state index contributed by atoms with van der Waals surface area (Å²) >= 11 is 0. The van der Waals surface area contributed by atoms with Crippen molar-refractivity contribution in [3.05, 3.63) is 23.8 Å². The van der Waals surface area contributed by atoms with Gasteiger partial charge in [0.05, 0.1) is 19.8 Å². The Balaban J connectivity index is 2.50. The van der Waals surface area contributed by atoms with Crippen molar-refractivity contribution >= 4 is 0 Å². The van der Waals surface area contributed by atoms with Gasteiger partial charge in [-0.2, -0.15) is 0 Å². The molecule has 1 atom stereocenters. The Morgan fingerprint density at radius 1 is 1.16 bits per heavy atom. The van der Waals surface area contributed by atoms with Gasteiger partial charge in [-0.1, -0.05) is 6.42 Å². The average Bonchev–Trinajstić information content (AvgIpc) is 2.42. The topological polar surface area (TPSA) is 58.9 Å². The molecule has 0 aliphatic carbocycles. The van der Waals surface area contributed by atoms with Gasteiger partial charge in [0.2, 0.25) is 0 Å². The van der Waals surface area contributed by atoms with E-state index in [-0.39, 0.29) is 6.61 Å². The van der Waals surface area contributed by atoms with E-state index in [0.29, 0.717) is 12.4 Å². The second-order valence-corrected chi connectivity index (χ2v) is 4.57. The van der Waals surface area contributed by atoms with Gasteiger partial charge in [0, 0.05) is 18.2 Å². The van der Waals surface area contributed by atoms with Crippen LogP contribution in [0.4, 0.5) is 0 Å². The standard InChI is InChI=1S/C15H24O4/c1-12(17)14-8-7-13(18-2)11-15(14)19-10-6-4-3-5-9-16/h7-8,11-12,16-17H,3-6,9-10H2,1-2H3/t12-/m0/s1. The molecule has 1 aromatic carbocycles. The summed E-state index contributed by atoms with van der Waals surface area (Å²) in [6, 6.07) is 5.44. The first-order chi connectivity index (χ1) is 9.19. The van der Waals surface area contributed by atoms with Crippen molar-refractivity contribution < 1.29 is 19.7 Å². The van der Waals surface area contributed by atoms with Gasteiger partial charge in [-0.25, -0.2) is 0 Å². The molecule has 0 saturated carbocycles. The molecule has 0 aliphatic heterocycles. The largest absolute Gasteiger partial charge is 0.497 e. The molecule has 0 radical (unpaired) electrons. The van der Waals surface area contributed by atoms with Crippen molar-refractivity contribution in [1.82, 2.24) is 0 Å². The lowest BCUT2D eigenvalue weighted by molar-refractivity contribution is 0.190. The van der Waals surface area contributed by atoms with Gasteiger partial charge in [-0.15, -0.1) is 0 Å². The van der Waals surface area contributed by atoms with Crippen LogP contribution in [0.3, 0.4) is 0 Å². The Morgan fingerprint density at radius 3 is 2.53 bits per heavy atom. The Bertz CT molecular complexity index is 363. The van der Waals surface area contributed by atoms with E-state index < -0.39 is 6.10 Å². The van der Waals surface area contributed by atoms with E-state index in [1.54, 1.807) is 20.1 Å². The van der Waals surface area contributed by atoms with Crippen molar-refractivity contribution in [2.24, 2.45) is 0 Å². The molecule has 108 valence electrons. The lowest BCUT2D eigenvalue weighted by atomic mass is 10.1. The minimum absolute atomic E-state index is 0.253. The fourth-order valence-electron chi connectivity index (χ4n) is 1.86. The highest BCUT2D eigenvalue weighted by Gasteiger charge is 2.10. The quantitative estimate of drug-likeness (QED) is 0.676. The predicted octanol–water partition coefficient (Wildman–Crippen LogP) is 2.68. The van der Waals surface area contributed by atoms with Crippen LogP contribution in [0.1, 0.15) is 44.3 Å². The second-order valence-electron chi connectivity index (χ2n) is 4.57. The maximum absolute atomic E-state index is 9.69. The Hall–Kier alpha value is -1.26. The number of ether oxygens (including phenoxy) is 2. The number of benzene rings is 1. The van der Waals surface area contributed by atoms with Crippen molar-refractivity contribution in [1.29, 1.82) is 0 Å². The van der Waals surface area contributed by atoms with Crippen molar-refractivity contribution in [3.63, 3.8) is 0 Å². The van der Waals surface area contributed by atoms with Crippen LogP contribution >= 0.6 is 0 Å². The van der Waals surface area contributed by atoms with Crippen LogP contribution in [0.2, 0.25) is 0 Å². The van der Waals surface area contributed by atoms with Gasteiger partial charge in [-0.3, -0.25) is 0 Å². The molecule has 0 amide bonds.